The largest absolute Gasteiger partial charge is 1.00 e. The molecule has 0 amide bonds. The smallest absolute Gasteiger partial charge is 0.872 e. The summed E-state index contributed by atoms with van der Waals surface area (Å²) in [6.45, 7) is 0. The molecule has 0 atom stereocenters. The van der Waals surface area contributed by atoms with Gasteiger partial charge in [0.2, 0.25) is 0 Å². The fourth-order valence-corrected chi connectivity index (χ4v) is 1.15. The van der Waals surface area contributed by atoms with Crippen molar-refractivity contribution in [3.8, 4) is 23.0 Å². The van der Waals surface area contributed by atoms with Crippen molar-refractivity contribution in [1.82, 2.24) is 0 Å². The van der Waals surface area contributed by atoms with Crippen molar-refractivity contribution in [2.24, 2.45) is 0 Å². The number of rotatable bonds is 2. The van der Waals surface area contributed by atoms with Crippen LogP contribution in [-0.2, 0) is 0 Å². The van der Waals surface area contributed by atoms with E-state index in [1.54, 1.807) is 24.3 Å². The Morgan fingerprint density at radius 3 is 1.18 bits per heavy atom. The van der Waals surface area contributed by atoms with E-state index in [0.717, 1.165) is 0 Å². The van der Waals surface area contributed by atoms with Crippen LogP contribution in [0.2, 0.25) is 0 Å². The Bertz CT molecular complexity index is 397. The van der Waals surface area contributed by atoms with Crippen molar-refractivity contribution >= 4 is 0 Å². The zero-order valence-electron chi connectivity index (χ0n) is 9.84. The van der Waals surface area contributed by atoms with Crippen LogP contribution in [0.15, 0.2) is 48.5 Å². The zero-order valence-corrected chi connectivity index (χ0v) is 13.8. The first-order valence-corrected chi connectivity index (χ1v) is 4.46. The van der Waals surface area contributed by atoms with Crippen molar-refractivity contribution in [2.75, 3.05) is 0 Å². The quantitative estimate of drug-likeness (QED) is 0.503. The first-order chi connectivity index (χ1) is 7.24. The monoisotopic (exact) mass is 246 g/mol. The number of benzene rings is 2. The van der Waals surface area contributed by atoms with Crippen LogP contribution in [-0.4, -0.2) is 0 Å². The second-order valence-electron chi connectivity index (χ2n) is 3.04. The zero-order chi connectivity index (χ0) is 10.7. The van der Waals surface area contributed by atoms with E-state index in [0.29, 0.717) is 11.5 Å². The summed E-state index contributed by atoms with van der Waals surface area (Å²) in [5, 5.41) is 21.6. The summed E-state index contributed by atoms with van der Waals surface area (Å²) in [6, 6.07) is 12.1. The van der Waals surface area contributed by atoms with Gasteiger partial charge in [-0.05, 0) is 24.3 Å². The maximum Gasteiger partial charge on any atom is 1.00 e. The number of hydrogen-bond acceptors (Lipinski definition) is 3. The van der Waals surface area contributed by atoms with Crippen LogP contribution in [0.5, 0.6) is 23.0 Å². The molecule has 0 spiro atoms. The summed E-state index contributed by atoms with van der Waals surface area (Å²) in [5.74, 6) is 1.04. The molecule has 0 saturated carbocycles. The van der Waals surface area contributed by atoms with E-state index in [9.17, 15) is 10.2 Å². The van der Waals surface area contributed by atoms with Crippen molar-refractivity contribution in [2.45, 2.75) is 0 Å². The molecule has 0 fully saturated rings. The normalized spacial score (nSPS) is 8.71. The van der Waals surface area contributed by atoms with Crippen LogP contribution in [0.25, 0.3) is 0 Å². The molecule has 0 aliphatic rings. The molecule has 0 bridgehead atoms. The van der Waals surface area contributed by atoms with E-state index >= 15 is 0 Å². The van der Waals surface area contributed by atoms with Gasteiger partial charge in [-0.15, -0.1) is 11.5 Å². The topological polar surface area (TPSA) is 55.3 Å². The standard InChI is InChI=1S/C12H10O3.2Na/c13-9-1-5-11(6-2-9)15-12-7-3-10(14)4-8-12;;/h1-8,13-14H;;/q;2*+1/p-2. The minimum atomic E-state index is -0.0581. The van der Waals surface area contributed by atoms with Crippen LogP contribution in [0.4, 0.5) is 0 Å². The Morgan fingerprint density at radius 2 is 0.882 bits per heavy atom. The van der Waals surface area contributed by atoms with Gasteiger partial charge >= 0.3 is 59.1 Å². The van der Waals surface area contributed by atoms with Crippen LogP contribution < -0.4 is 74.1 Å². The van der Waals surface area contributed by atoms with E-state index in [4.69, 9.17) is 4.74 Å². The van der Waals surface area contributed by atoms with Gasteiger partial charge in [-0.3, -0.25) is 0 Å². The van der Waals surface area contributed by atoms with Crippen molar-refractivity contribution in [3.63, 3.8) is 0 Å². The Labute approximate surface area is 144 Å². The Balaban J connectivity index is 0.00000128. The van der Waals surface area contributed by atoms with Gasteiger partial charge in [0.15, 0.2) is 0 Å². The molecule has 17 heavy (non-hydrogen) atoms. The third-order valence-corrected chi connectivity index (χ3v) is 1.88. The molecule has 0 aliphatic heterocycles. The molecular formula is C12H8Na2O3. The van der Waals surface area contributed by atoms with Gasteiger partial charge in [0.25, 0.3) is 0 Å². The molecule has 5 heteroatoms. The first-order valence-electron chi connectivity index (χ1n) is 4.46. The summed E-state index contributed by atoms with van der Waals surface area (Å²) in [5.41, 5.74) is 0. The number of ether oxygens (including phenoxy) is 1. The predicted molar refractivity (Wildman–Crippen MR) is 51.9 cm³/mol. The molecule has 76 valence electrons. The van der Waals surface area contributed by atoms with Crippen molar-refractivity contribution in [3.05, 3.63) is 48.5 Å². The third kappa shape index (κ3) is 5.34. The summed E-state index contributed by atoms with van der Waals surface area (Å²) in [6.07, 6.45) is 0. The van der Waals surface area contributed by atoms with Crippen molar-refractivity contribution < 1.29 is 74.1 Å². The average Bonchev–Trinajstić information content (AvgIpc) is 2.25. The summed E-state index contributed by atoms with van der Waals surface area (Å²) in [4.78, 5) is 0. The third-order valence-electron chi connectivity index (χ3n) is 1.88. The van der Waals surface area contributed by atoms with Crippen LogP contribution in [0.1, 0.15) is 0 Å². The van der Waals surface area contributed by atoms with Gasteiger partial charge in [0.05, 0.1) is 0 Å². The minimum Gasteiger partial charge on any atom is -0.872 e. The van der Waals surface area contributed by atoms with Crippen LogP contribution in [0, 0.1) is 0 Å². The SMILES string of the molecule is [Na+].[Na+].[O-]c1ccc(Oc2ccc([O-])cc2)cc1. The van der Waals surface area contributed by atoms with Gasteiger partial charge in [0, 0.05) is 0 Å². The number of hydrogen-bond donors (Lipinski definition) is 0. The molecule has 0 aliphatic carbocycles. The summed E-state index contributed by atoms with van der Waals surface area (Å²) < 4.78 is 5.41. The Hall–Kier alpha value is -0.160. The van der Waals surface area contributed by atoms with E-state index in [2.05, 4.69) is 0 Å². The van der Waals surface area contributed by atoms with E-state index in [-0.39, 0.29) is 70.6 Å². The molecule has 0 saturated heterocycles. The van der Waals surface area contributed by atoms with E-state index in [1.165, 1.54) is 24.3 Å². The van der Waals surface area contributed by atoms with E-state index in [1.807, 2.05) is 0 Å². The van der Waals surface area contributed by atoms with Crippen LogP contribution >= 0.6 is 0 Å². The molecular weight excluding hydrogens is 238 g/mol. The second-order valence-corrected chi connectivity index (χ2v) is 3.04. The van der Waals surface area contributed by atoms with Gasteiger partial charge in [0.1, 0.15) is 11.5 Å². The van der Waals surface area contributed by atoms with Gasteiger partial charge in [-0.1, -0.05) is 24.3 Å². The Kier molecular flexibility index (Phi) is 7.96. The van der Waals surface area contributed by atoms with E-state index < -0.39 is 0 Å². The van der Waals surface area contributed by atoms with Gasteiger partial charge in [-0.2, -0.15) is 0 Å². The molecule has 0 aromatic heterocycles. The minimum absolute atomic E-state index is 0. The molecule has 0 unspecified atom stereocenters. The molecule has 0 heterocycles. The average molecular weight is 246 g/mol. The maximum atomic E-state index is 10.8. The molecule has 2 rings (SSSR count). The second kappa shape index (κ2) is 8.03. The first kappa shape index (κ1) is 16.8. The van der Waals surface area contributed by atoms with Crippen molar-refractivity contribution in [1.29, 1.82) is 0 Å². The Morgan fingerprint density at radius 1 is 0.588 bits per heavy atom. The predicted octanol–water partition coefficient (Wildman–Crippen LogP) is -4.37. The molecule has 0 radical (unpaired) electrons. The summed E-state index contributed by atoms with van der Waals surface area (Å²) in [7, 11) is 0. The maximum absolute atomic E-state index is 10.8. The van der Waals surface area contributed by atoms with Gasteiger partial charge in [-0.25, -0.2) is 0 Å². The van der Waals surface area contributed by atoms with Gasteiger partial charge < -0.3 is 14.9 Å². The molecule has 3 nitrogen and oxygen atoms in total. The fraction of sp³-hybridized carbons (Fsp3) is 0. The summed E-state index contributed by atoms with van der Waals surface area (Å²) >= 11 is 0. The molecule has 2 aromatic rings. The van der Waals surface area contributed by atoms with Crippen LogP contribution in [0.3, 0.4) is 0 Å². The molecule has 0 N–H and O–H groups in total. The molecule has 2 aromatic carbocycles. The fourth-order valence-electron chi connectivity index (χ4n) is 1.15.